The summed E-state index contributed by atoms with van der Waals surface area (Å²) in [6.45, 7) is 7.79. The molecule has 17 heavy (non-hydrogen) atoms. The molecule has 0 fully saturated rings. The van der Waals surface area contributed by atoms with Gasteiger partial charge >= 0.3 is 0 Å². The number of amides is 1. The quantitative estimate of drug-likeness (QED) is 0.568. The van der Waals surface area contributed by atoms with Crippen LogP contribution < -0.4 is 5.32 Å². The second-order valence-electron chi connectivity index (χ2n) is 3.65. The summed E-state index contributed by atoms with van der Waals surface area (Å²) in [5, 5.41) is 3.01. The maximum absolute atomic E-state index is 11.9. The molecule has 1 amide bonds. The van der Waals surface area contributed by atoms with Crippen LogP contribution in [0.25, 0.3) is 0 Å². The smallest absolute Gasteiger partial charge is 0.236 e. The number of hydrogen-bond acceptors (Lipinski definition) is 3. The zero-order chi connectivity index (χ0) is 12.5. The highest BCUT2D eigenvalue weighted by molar-refractivity contribution is 5.78. The van der Waals surface area contributed by atoms with Gasteiger partial charge in [-0.1, -0.05) is 12.1 Å². The summed E-state index contributed by atoms with van der Waals surface area (Å²) in [5.41, 5.74) is 0.909. The van der Waals surface area contributed by atoms with Gasteiger partial charge in [-0.15, -0.1) is 6.58 Å². The van der Waals surface area contributed by atoms with Crippen LogP contribution >= 0.6 is 0 Å². The topological polar surface area (TPSA) is 45.2 Å². The fourth-order valence-electron chi connectivity index (χ4n) is 1.46. The molecule has 0 aliphatic rings. The summed E-state index contributed by atoms with van der Waals surface area (Å²) in [4.78, 5) is 17.8. The number of aromatic nitrogens is 1. The highest BCUT2D eigenvalue weighted by Gasteiger charge is 2.11. The molecular weight excluding hydrogens is 214 g/mol. The largest absolute Gasteiger partial charge is 0.336 e. The van der Waals surface area contributed by atoms with Crippen LogP contribution in [0.3, 0.4) is 0 Å². The van der Waals surface area contributed by atoms with Crippen LogP contribution in [-0.4, -0.2) is 35.4 Å². The monoisotopic (exact) mass is 233 g/mol. The number of nitrogens with one attached hydrogen (secondary N) is 1. The van der Waals surface area contributed by atoms with Crippen molar-refractivity contribution in [1.82, 2.24) is 15.2 Å². The van der Waals surface area contributed by atoms with E-state index in [0.29, 0.717) is 26.2 Å². The van der Waals surface area contributed by atoms with Crippen molar-refractivity contribution in [2.24, 2.45) is 0 Å². The molecule has 0 saturated heterocycles. The number of hydrogen-bond donors (Lipinski definition) is 1. The lowest BCUT2D eigenvalue weighted by atomic mass is 10.3. The molecule has 1 rings (SSSR count). The lowest BCUT2D eigenvalue weighted by Crippen LogP contribution is -2.37. The first-order chi connectivity index (χ1) is 8.27. The van der Waals surface area contributed by atoms with E-state index in [9.17, 15) is 4.79 Å². The Bertz CT molecular complexity index is 351. The molecule has 0 bridgehead atoms. The number of rotatable bonds is 7. The third kappa shape index (κ3) is 4.78. The average Bonchev–Trinajstić information content (AvgIpc) is 2.37. The predicted molar refractivity (Wildman–Crippen MR) is 68.4 cm³/mol. The maximum atomic E-state index is 11.9. The summed E-state index contributed by atoms with van der Waals surface area (Å²) >= 11 is 0. The van der Waals surface area contributed by atoms with Gasteiger partial charge in [0.1, 0.15) is 0 Å². The number of carbonyl (C=O) groups is 1. The van der Waals surface area contributed by atoms with E-state index < -0.39 is 0 Å². The molecule has 1 aromatic rings. The second kappa shape index (κ2) is 7.57. The molecule has 4 nitrogen and oxygen atoms in total. The summed E-state index contributed by atoms with van der Waals surface area (Å²) in [7, 11) is 0. The lowest BCUT2D eigenvalue weighted by Gasteiger charge is -2.20. The molecule has 1 aromatic heterocycles. The molecule has 92 valence electrons. The lowest BCUT2D eigenvalue weighted by molar-refractivity contribution is -0.130. The maximum Gasteiger partial charge on any atom is 0.236 e. The van der Waals surface area contributed by atoms with Gasteiger partial charge in [0.15, 0.2) is 0 Å². The van der Waals surface area contributed by atoms with E-state index in [1.165, 1.54) is 0 Å². The van der Waals surface area contributed by atoms with Gasteiger partial charge in [-0.05, 0) is 19.1 Å². The van der Waals surface area contributed by atoms with Crippen molar-refractivity contribution in [3.8, 4) is 0 Å². The fourth-order valence-corrected chi connectivity index (χ4v) is 1.46. The van der Waals surface area contributed by atoms with Crippen molar-refractivity contribution < 1.29 is 4.79 Å². The molecule has 0 aliphatic heterocycles. The van der Waals surface area contributed by atoms with E-state index in [0.717, 1.165) is 5.69 Å². The zero-order valence-electron chi connectivity index (χ0n) is 10.2. The minimum atomic E-state index is 0.0833. The molecule has 1 heterocycles. The Morgan fingerprint density at radius 2 is 2.41 bits per heavy atom. The van der Waals surface area contributed by atoms with Gasteiger partial charge in [-0.3, -0.25) is 9.78 Å². The normalized spacial score (nSPS) is 9.94. The summed E-state index contributed by atoms with van der Waals surface area (Å²) in [6.07, 6.45) is 3.48. The van der Waals surface area contributed by atoms with Crippen LogP contribution in [0.1, 0.15) is 12.6 Å². The van der Waals surface area contributed by atoms with E-state index in [1.807, 2.05) is 25.1 Å². The Balaban J connectivity index is 2.47. The van der Waals surface area contributed by atoms with E-state index in [-0.39, 0.29) is 5.91 Å². The van der Waals surface area contributed by atoms with Crippen molar-refractivity contribution in [1.29, 1.82) is 0 Å². The SMILES string of the molecule is C=CCNCC(=O)N(CC)Cc1ccccn1. The Labute approximate surface area is 102 Å². The molecule has 1 N–H and O–H groups in total. The number of pyridine rings is 1. The summed E-state index contributed by atoms with van der Waals surface area (Å²) in [6, 6.07) is 5.72. The van der Waals surface area contributed by atoms with E-state index in [4.69, 9.17) is 0 Å². The van der Waals surface area contributed by atoms with Gasteiger partial charge in [0.05, 0.1) is 18.8 Å². The Kier molecular flexibility index (Phi) is 5.96. The first-order valence-electron chi connectivity index (χ1n) is 5.77. The molecular formula is C13H19N3O. The number of carbonyl (C=O) groups excluding carboxylic acids is 1. The van der Waals surface area contributed by atoms with Crippen LogP contribution in [0.4, 0.5) is 0 Å². The first-order valence-corrected chi connectivity index (χ1v) is 5.77. The number of likely N-dealkylation sites (N-methyl/N-ethyl adjacent to an activating group) is 1. The standard InChI is InChI=1S/C13H19N3O/c1-3-8-14-10-13(17)16(4-2)11-12-7-5-6-9-15-12/h3,5-7,9,14H,1,4,8,10-11H2,2H3. The van der Waals surface area contributed by atoms with E-state index in [2.05, 4.69) is 16.9 Å². The van der Waals surface area contributed by atoms with Crippen molar-refractivity contribution in [2.45, 2.75) is 13.5 Å². The van der Waals surface area contributed by atoms with Crippen LogP contribution in [0.5, 0.6) is 0 Å². The van der Waals surface area contributed by atoms with Gasteiger partial charge in [-0.2, -0.15) is 0 Å². The van der Waals surface area contributed by atoms with Gasteiger partial charge in [-0.25, -0.2) is 0 Å². The van der Waals surface area contributed by atoms with Gasteiger partial charge < -0.3 is 10.2 Å². The van der Waals surface area contributed by atoms with Crippen molar-refractivity contribution in [3.63, 3.8) is 0 Å². The van der Waals surface area contributed by atoms with Crippen LogP contribution in [0.2, 0.25) is 0 Å². The van der Waals surface area contributed by atoms with Gasteiger partial charge in [0.25, 0.3) is 0 Å². The molecule has 0 aliphatic carbocycles. The first kappa shape index (κ1) is 13.4. The van der Waals surface area contributed by atoms with Gasteiger partial charge in [0.2, 0.25) is 5.91 Å². The molecule has 0 aromatic carbocycles. The summed E-state index contributed by atoms with van der Waals surface area (Å²) in [5.74, 6) is 0.0833. The highest BCUT2D eigenvalue weighted by atomic mass is 16.2. The van der Waals surface area contributed by atoms with Crippen LogP contribution in [0, 0.1) is 0 Å². The minimum absolute atomic E-state index is 0.0833. The molecule has 0 unspecified atom stereocenters. The molecule has 4 heteroatoms. The van der Waals surface area contributed by atoms with Crippen LogP contribution in [0.15, 0.2) is 37.1 Å². The van der Waals surface area contributed by atoms with Crippen molar-refractivity contribution in [3.05, 3.63) is 42.7 Å². The highest BCUT2D eigenvalue weighted by Crippen LogP contribution is 2.00. The minimum Gasteiger partial charge on any atom is -0.336 e. The van der Waals surface area contributed by atoms with E-state index >= 15 is 0 Å². The summed E-state index contributed by atoms with van der Waals surface area (Å²) < 4.78 is 0. The Morgan fingerprint density at radius 1 is 1.59 bits per heavy atom. The molecule has 0 atom stereocenters. The fraction of sp³-hybridized carbons (Fsp3) is 0.385. The second-order valence-corrected chi connectivity index (χ2v) is 3.65. The molecule has 0 radical (unpaired) electrons. The number of nitrogens with zero attached hydrogens (tertiary/aromatic N) is 2. The van der Waals surface area contributed by atoms with Crippen LogP contribution in [-0.2, 0) is 11.3 Å². The molecule has 0 saturated carbocycles. The predicted octanol–water partition coefficient (Wildman–Crippen LogP) is 1.21. The molecule has 0 spiro atoms. The average molecular weight is 233 g/mol. The zero-order valence-corrected chi connectivity index (χ0v) is 10.2. The third-order valence-corrected chi connectivity index (χ3v) is 2.38. The Morgan fingerprint density at radius 3 is 3.00 bits per heavy atom. The van der Waals surface area contributed by atoms with Crippen molar-refractivity contribution in [2.75, 3.05) is 19.6 Å². The van der Waals surface area contributed by atoms with Gasteiger partial charge in [0, 0.05) is 19.3 Å². The van der Waals surface area contributed by atoms with Crippen molar-refractivity contribution >= 4 is 5.91 Å². The Hall–Kier alpha value is -1.68. The van der Waals surface area contributed by atoms with E-state index in [1.54, 1.807) is 17.2 Å². The third-order valence-electron chi connectivity index (χ3n) is 2.38.